The Morgan fingerprint density at radius 1 is 1.44 bits per heavy atom. The summed E-state index contributed by atoms with van der Waals surface area (Å²) in [6.07, 6.45) is -4.37. The van der Waals surface area contributed by atoms with Crippen LogP contribution >= 0.6 is 0 Å². The molecule has 0 aliphatic rings. The summed E-state index contributed by atoms with van der Waals surface area (Å²) in [5, 5.41) is 0. The number of hydrogen-bond acceptors (Lipinski definition) is 4. The van der Waals surface area contributed by atoms with E-state index in [-0.39, 0.29) is 19.2 Å². The second-order valence-corrected chi connectivity index (χ2v) is 3.54. The van der Waals surface area contributed by atoms with Gasteiger partial charge in [0.15, 0.2) is 0 Å². The minimum absolute atomic E-state index is 0.0502. The topological polar surface area (TPSA) is 53.3 Å². The smallest absolute Gasteiger partial charge is 0.411 e. The normalized spacial score (nSPS) is 11.6. The van der Waals surface area contributed by atoms with E-state index < -0.39 is 18.3 Å². The van der Waals surface area contributed by atoms with Crippen LogP contribution in [0.2, 0.25) is 0 Å². The zero-order chi connectivity index (χ0) is 13.8. The van der Waals surface area contributed by atoms with Crippen molar-refractivity contribution in [3.8, 4) is 6.01 Å². The Kier molecular flexibility index (Phi) is 4.71. The van der Waals surface area contributed by atoms with Gasteiger partial charge in [-0.3, -0.25) is 9.36 Å². The minimum atomic E-state index is -4.37. The summed E-state index contributed by atoms with van der Waals surface area (Å²) in [5.74, 6) is 0. The van der Waals surface area contributed by atoms with Crippen molar-refractivity contribution >= 4 is 0 Å². The quantitative estimate of drug-likeness (QED) is 0.750. The number of alkyl halides is 3. The first-order valence-electron chi connectivity index (χ1n) is 5.10. The van der Waals surface area contributed by atoms with Crippen LogP contribution in [0.25, 0.3) is 0 Å². The van der Waals surface area contributed by atoms with E-state index in [0.717, 1.165) is 4.57 Å². The molecule has 0 N–H and O–H groups in total. The molecule has 0 unspecified atom stereocenters. The predicted molar refractivity (Wildman–Crippen MR) is 56.7 cm³/mol. The zero-order valence-electron chi connectivity index (χ0n) is 9.95. The molecule has 102 valence electrons. The Balaban J connectivity index is 2.65. The Hall–Kier alpha value is -1.57. The Bertz CT molecular complexity index is 457. The van der Waals surface area contributed by atoms with Gasteiger partial charge in [-0.05, 0) is 6.92 Å². The van der Waals surface area contributed by atoms with Crippen molar-refractivity contribution < 1.29 is 22.6 Å². The van der Waals surface area contributed by atoms with Gasteiger partial charge in [0.1, 0.15) is 6.61 Å². The highest BCUT2D eigenvalue weighted by molar-refractivity contribution is 5.06. The number of aromatic nitrogens is 2. The number of aryl methyl sites for hydroxylation is 1. The molecule has 5 nitrogen and oxygen atoms in total. The summed E-state index contributed by atoms with van der Waals surface area (Å²) in [6.45, 7) is -0.0242. The van der Waals surface area contributed by atoms with Crippen LogP contribution in [0.1, 0.15) is 5.69 Å². The third kappa shape index (κ3) is 4.36. The molecule has 0 saturated heterocycles. The molecule has 1 aromatic heterocycles. The lowest BCUT2D eigenvalue weighted by Crippen LogP contribution is -2.26. The predicted octanol–water partition coefficient (Wildman–Crippen LogP) is 1.14. The maximum atomic E-state index is 11.8. The maximum absolute atomic E-state index is 11.8. The molecule has 0 atom stereocenters. The fourth-order valence-electron chi connectivity index (χ4n) is 1.30. The van der Waals surface area contributed by atoms with Gasteiger partial charge in [-0.1, -0.05) is 0 Å². The van der Waals surface area contributed by atoms with Crippen LogP contribution in [0.4, 0.5) is 13.2 Å². The highest BCUT2D eigenvalue weighted by atomic mass is 19.4. The first-order valence-corrected chi connectivity index (χ1v) is 5.10. The van der Waals surface area contributed by atoms with E-state index in [1.165, 1.54) is 13.2 Å². The van der Waals surface area contributed by atoms with Crippen LogP contribution < -0.4 is 10.3 Å². The summed E-state index contributed by atoms with van der Waals surface area (Å²) >= 11 is 0. The van der Waals surface area contributed by atoms with E-state index in [1.54, 1.807) is 6.92 Å². The van der Waals surface area contributed by atoms with Crippen LogP contribution in [-0.2, 0) is 11.3 Å². The van der Waals surface area contributed by atoms with Gasteiger partial charge >= 0.3 is 6.18 Å². The molecule has 1 aromatic rings. The van der Waals surface area contributed by atoms with Crippen LogP contribution in [0.5, 0.6) is 6.01 Å². The largest absolute Gasteiger partial charge is 0.468 e. The summed E-state index contributed by atoms with van der Waals surface area (Å²) in [7, 11) is 1.33. The highest BCUT2D eigenvalue weighted by Gasteiger charge is 2.27. The Morgan fingerprint density at radius 3 is 2.67 bits per heavy atom. The van der Waals surface area contributed by atoms with Crippen molar-refractivity contribution in [3.63, 3.8) is 0 Å². The molecule has 0 bridgehead atoms. The van der Waals surface area contributed by atoms with Crippen molar-refractivity contribution in [2.75, 3.05) is 20.3 Å². The molecule has 1 rings (SSSR count). The first-order chi connectivity index (χ1) is 8.33. The number of hydrogen-bond donors (Lipinski definition) is 0. The van der Waals surface area contributed by atoms with E-state index in [2.05, 4.69) is 9.72 Å². The summed E-state index contributed by atoms with van der Waals surface area (Å²) in [4.78, 5) is 15.5. The average molecular weight is 266 g/mol. The number of halogens is 3. The number of methoxy groups -OCH3 is 1. The van der Waals surface area contributed by atoms with Crippen LogP contribution in [0.15, 0.2) is 10.9 Å². The second kappa shape index (κ2) is 5.85. The second-order valence-electron chi connectivity index (χ2n) is 3.54. The molecular formula is C10H13F3N2O3. The molecule has 0 spiro atoms. The highest BCUT2D eigenvalue weighted by Crippen LogP contribution is 2.14. The van der Waals surface area contributed by atoms with Crippen molar-refractivity contribution in [1.82, 2.24) is 9.55 Å². The van der Waals surface area contributed by atoms with E-state index in [0.29, 0.717) is 5.69 Å². The average Bonchev–Trinajstić information content (AvgIpc) is 2.24. The number of rotatable bonds is 5. The van der Waals surface area contributed by atoms with Crippen LogP contribution in [-0.4, -0.2) is 36.1 Å². The molecule has 0 aliphatic carbocycles. The van der Waals surface area contributed by atoms with Crippen molar-refractivity contribution in [2.24, 2.45) is 0 Å². The van der Waals surface area contributed by atoms with Gasteiger partial charge in [-0.25, -0.2) is 4.98 Å². The minimum Gasteiger partial charge on any atom is -0.468 e. The first kappa shape index (κ1) is 14.5. The molecule has 18 heavy (non-hydrogen) atoms. The fraction of sp³-hybridized carbons (Fsp3) is 0.600. The van der Waals surface area contributed by atoms with E-state index in [1.807, 2.05) is 0 Å². The van der Waals surface area contributed by atoms with E-state index in [9.17, 15) is 18.0 Å². The SMILES string of the molecule is COc1nc(C)cc(=O)n1CCOCC(F)(F)F. The van der Waals surface area contributed by atoms with E-state index in [4.69, 9.17) is 4.74 Å². The van der Waals surface area contributed by atoms with Gasteiger partial charge in [0.05, 0.1) is 20.3 Å². The molecule has 0 radical (unpaired) electrons. The van der Waals surface area contributed by atoms with Crippen LogP contribution in [0.3, 0.4) is 0 Å². The Morgan fingerprint density at radius 2 is 2.11 bits per heavy atom. The lowest BCUT2D eigenvalue weighted by atomic mass is 10.4. The molecule has 0 aromatic carbocycles. The molecule has 1 heterocycles. The van der Waals surface area contributed by atoms with Gasteiger partial charge in [-0.2, -0.15) is 13.2 Å². The summed E-state index contributed by atoms with van der Waals surface area (Å²) < 4.78 is 45.9. The van der Waals surface area contributed by atoms with Crippen molar-refractivity contribution in [1.29, 1.82) is 0 Å². The van der Waals surface area contributed by atoms with E-state index >= 15 is 0 Å². The lowest BCUT2D eigenvalue weighted by Gasteiger charge is -2.11. The lowest BCUT2D eigenvalue weighted by molar-refractivity contribution is -0.174. The van der Waals surface area contributed by atoms with Gasteiger partial charge < -0.3 is 9.47 Å². The van der Waals surface area contributed by atoms with Gasteiger partial charge in [0.25, 0.3) is 11.6 Å². The Labute approximate surface area is 101 Å². The van der Waals surface area contributed by atoms with Crippen molar-refractivity contribution in [3.05, 3.63) is 22.1 Å². The zero-order valence-corrected chi connectivity index (χ0v) is 9.95. The summed E-state index contributed by atoms with van der Waals surface area (Å²) in [5.41, 5.74) is 0.0827. The molecule has 0 fully saturated rings. The summed E-state index contributed by atoms with van der Waals surface area (Å²) in [6, 6.07) is 1.32. The van der Waals surface area contributed by atoms with Gasteiger partial charge in [-0.15, -0.1) is 0 Å². The van der Waals surface area contributed by atoms with Crippen LogP contribution in [0, 0.1) is 6.92 Å². The number of nitrogens with zero attached hydrogens (tertiary/aromatic N) is 2. The third-order valence-electron chi connectivity index (χ3n) is 2.01. The third-order valence-corrected chi connectivity index (χ3v) is 2.01. The molecule has 0 saturated carbocycles. The number of ether oxygens (including phenoxy) is 2. The molecule has 0 aliphatic heterocycles. The molecular weight excluding hydrogens is 253 g/mol. The van der Waals surface area contributed by atoms with Crippen molar-refractivity contribution in [2.45, 2.75) is 19.6 Å². The molecule has 8 heteroatoms. The van der Waals surface area contributed by atoms with Gasteiger partial charge in [0.2, 0.25) is 0 Å². The van der Waals surface area contributed by atoms with Gasteiger partial charge in [0, 0.05) is 11.8 Å². The maximum Gasteiger partial charge on any atom is 0.411 e. The standard InChI is InChI=1S/C10H13F3N2O3/c1-7-5-8(16)15(9(14-7)17-2)3-4-18-6-10(11,12)13/h5H,3-4,6H2,1-2H3. The fourth-order valence-corrected chi connectivity index (χ4v) is 1.30. The molecule has 0 amide bonds. The monoisotopic (exact) mass is 266 g/mol.